The lowest BCUT2D eigenvalue weighted by Crippen LogP contribution is -2.54. The Bertz CT molecular complexity index is 2550. The van der Waals surface area contributed by atoms with Crippen molar-refractivity contribution in [1.29, 1.82) is 0 Å². The van der Waals surface area contributed by atoms with E-state index in [-0.39, 0.29) is 35.8 Å². The maximum Gasteiger partial charge on any atom is 0.407 e. The standard InChI is InChI=1S/C51H55N9O6/c1-57-29-31-58(32-30-57)50(64)55-44(38-11-5-3-6-12-38)48(62)59-27-9-15-41(59)33-53-47(61)40-25-21-36(22-26-40)18-17-35-19-23-37(24-20-35)42-34-52-46(54-42)43-16-10-28-60(43)49(63)45(56-51(65)66-2)39-13-7-4-8-14-39/h3-8,11-14,19-26,34,41,43-45H,9-10,15-16,27-33H2,1-2H3,(H,52,54)(H,53,61)(H,55,64)(H,56,65)/t41-,43-,44+,45+/m0/s1. The highest BCUT2D eigenvalue weighted by atomic mass is 16.5. The predicted octanol–water partition coefficient (Wildman–Crippen LogP) is 5.66. The van der Waals surface area contributed by atoms with Crippen LogP contribution in [-0.4, -0.2) is 125 Å². The van der Waals surface area contributed by atoms with Crippen molar-refractivity contribution in [3.8, 4) is 23.1 Å². The molecule has 0 unspecified atom stereocenters. The van der Waals surface area contributed by atoms with E-state index in [4.69, 9.17) is 4.74 Å². The molecule has 1 aromatic heterocycles. The van der Waals surface area contributed by atoms with Crippen molar-refractivity contribution in [3.63, 3.8) is 0 Å². The summed E-state index contributed by atoms with van der Waals surface area (Å²) >= 11 is 0. The number of methoxy groups -OCH3 is 1. The minimum atomic E-state index is -0.895. The summed E-state index contributed by atoms with van der Waals surface area (Å²) in [4.78, 5) is 82.4. The first-order valence-corrected chi connectivity index (χ1v) is 22.5. The molecule has 3 aliphatic rings. The molecule has 15 heteroatoms. The minimum absolute atomic E-state index is 0.180. The Morgan fingerprint density at radius 3 is 1.92 bits per heavy atom. The molecule has 3 saturated heterocycles. The number of hydrogen-bond donors (Lipinski definition) is 4. The number of hydrogen-bond acceptors (Lipinski definition) is 8. The second kappa shape index (κ2) is 21.0. The molecule has 0 saturated carbocycles. The summed E-state index contributed by atoms with van der Waals surface area (Å²) in [5.74, 6) is 6.41. The Labute approximate surface area is 384 Å². The SMILES string of the molecule is COC(=O)N[C@@H](C(=O)N1CCC[C@H]1c1ncc(-c2ccc(C#Cc3ccc(C(=O)NC[C@@H]4CCCN4C(=O)[C@H](NC(=O)N4CCN(C)CC4)c4ccccc4)cc3)cc2)[nH]1)c1ccccc1. The molecule has 8 rings (SSSR count). The van der Waals surface area contributed by atoms with Gasteiger partial charge in [-0.25, -0.2) is 14.6 Å². The van der Waals surface area contributed by atoms with Gasteiger partial charge in [0, 0.05) is 68.5 Å². The number of carbonyl (C=O) groups excluding carboxylic acids is 5. The van der Waals surface area contributed by atoms with Gasteiger partial charge in [0.25, 0.3) is 11.8 Å². The molecule has 4 N–H and O–H groups in total. The number of likely N-dealkylation sites (tertiary alicyclic amines) is 2. The molecular formula is C51H55N9O6. The van der Waals surface area contributed by atoms with E-state index in [0.29, 0.717) is 49.7 Å². The van der Waals surface area contributed by atoms with Crippen LogP contribution in [0.5, 0.6) is 0 Å². The number of nitrogens with zero attached hydrogens (tertiary/aromatic N) is 5. The number of likely N-dealkylation sites (N-methyl/N-ethyl adjacent to an activating group) is 1. The molecular weight excluding hydrogens is 835 g/mol. The van der Waals surface area contributed by atoms with Crippen LogP contribution in [0.4, 0.5) is 9.59 Å². The van der Waals surface area contributed by atoms with Gasteiger partial charge in [0.2, 0.25) is 5.91 Å². The summed E-state index contributed by atoms with van der Waals surface area (Å²) in [6.45, 7) is 4.12. The fourth-order valence-corrected chi connectivity index (χ4v) is 8.80. The molecule has 15 nitrogen and oxygen atoms in total. The summed E-state index contributed by atoms with van der Waals surface area (Å²) < 4.78 is 4.82. The van der Waals surface area contributed by atoms with Crippen molar-refractivity contribution < 1.29 is 28.7 Å². The molecule has 0 bridgehead atoms. The van der Waals surface area contributed by atoms with E-state index in [1.165, 1.54) is 7.11 Å². The fourth-order valence-electron chi connectivity index (χ4n) is 8.80. The van der Waals surface area contributed by atoms with E-state index in [1.807, 2.05) is 92.0 Å². The zero-order valence-corrected chi connectivity index (χ0v) is 37.2. The lowest BCUT2D eigenvalue weighted by molar-refractivity contribution is -0.135. The number of aromatic nitrogens is 2. The van der Waals surface area contributed by atoms with E-state index < -0.39 is 18.2 Å². The van der Waals surface area contributed by atoms with Crippen molar-refractivity contribution in [2.75, 3.05) is 60.0 Å². The number of imidazole rings is 1. The Morgan fingerprint density at radius 1 is 0.712 bits per heavy atom. The Balaban J connectivity index is 0.850. The molecule has 4 heterocycles. The largest absolute Gasteiger partial charge is 0.453 e. The third kappa shape index (κ3) is 10.7. The number of H-pyrrole nitrogens is 1. The lowest BCUT2D eigenvalue weighted by Gasteiger charge is -2.34. The van der Waals surface area contributed by atoms with E-state index >= 15 is 0 Å². The second-order valence-electron chi connectivity index (χ2n) is 16.9. The van der Waals surface area contributed by atoms with Gasteiger partial charge in [-0.15, -0.1) is 0 Å². The molecule has 3 fully saturated rings. The summed E-state index contributed by atoms with van der Waals surface area (Å²) in [6, 6.07) is 30.9. The van der Waals surface area contributed by atoms with Gasteiger partial charge < -0.3 is 45.3 Å². The molecule has 340 valence electrons. The quantitative estimate of drug-likeness (QED) is 0.123. The topological polar surface area (TPSA) is 172 Å². The molecule has 3 aliphatic heterocycles. The maximum atomic E-state index is 14.1. The molecule has 0 aliphatic carbocycles. The average Bonchev–Trinajstić information content (AvgIpc) is 4.16. The van der Waals surface area contributed by atoms with Gasteiger partial charge in [-0.1, -0.05) is 84.6 Å². The number of urea groups is 1. The van der Waals surface area contributed by atoms with Crippen molar-refractivity contribution >= 4 is 29.8 Å². The van der Waals surface area contributed by atoms with Crippen molar-refractivity contribution in [1.82, 2.24) is 45.5 Å². The van der Waals surface area contributed by atoms with Crippen LogP contribution >= 0.6 is 0 Å². The number of nitrogens with one attached hydrogen (secondary N) is 4. The van der Waals surface area contributed by atoms with Gasteiger partial charge in [0.15, 0.2) is 0 Å². The highest BCUT2D eigenvalue weighted by Crippen LogP contribution is 2.34. The Hall–Kier alpha value is -7.44. The van der Waals surface area contributed by atoms with Crippen LogP contribution in [-0.2, 0) is 14.3 Å². The van der Waals surface area contributed by atoms with Gasteiger partial charge in [0.1, 0.15) is 17.9 Å². The van der Waals surface area contributed by atoms with Gasteiger partial charge in [-0.2, -0.15) is 0 Å². The molecule has 5 aromatic rings. The lowest BCUT2D eigenvalue weighted by atomic mass is 10.0. The number of carbonyl (C=O) groups is 5. The zero-order valence-electron chi connectivity index (χ0n) is 37.2. The van der Waals surface area contributed by atoms with Crippen LogP contribution < -0.4 is 16.0 Å². The van der Waals surface area contributed by atoms with Crippen LogP contribution in [0.1, 0.15) is 82.2 Å². The number of benzene rings is 4. The molecule has 4 atom stereocenters. The molecule has 66 heavy (non-hydrogen) atoms. The molecule has 0 spiro atoms. The summed E-state index contributed by atoms with van der Waals surface area (Å²) in [7, 11) is 3.30. The van der Waals surface area contributed by atoms with Crippen LogP contribution in [0.25, 0.3) is 11.3 Å². The van der Waals surface area contributed by atoms with Gasteiger partial charge >= 0.3 is 12.1 Å². The molecule has 4 aromatic carbocycles. The number of alkyl carbamates (subject to hydrolysis) is 1. The van der Waals surface area contributed by atoms with Crippen LogP contribution in [0.15, 0.2) is 115 Å². The summed E-state index contributed by atoms with van der Waals surface area (Å²) in [6.07, 6.45) is 4.16. The van der Waals surface area contributed by atoms with E-state index in [0.717, 1.165) is 66.7 Å². The number of aromatic amines is 1. The van der Waals surface area contributed by atoms with Crippen molar-refractivity contribution in [2.24, 2.45) is 0 Å². The normalized spacial score (nSPS) is 18.1. The highest BCUT2D eigenvalue weighted by Gasteiger charge is 2.38. The fraction of sp³-hybridized carbons (Fsp3) is 0.333. The first-order chi connectivity index (χ1) is 32.1. The molecule has 6 amide bonds. The van der Waals surface area contributed by atoms with Gasteiger partial charge in [-0.3, -0.25) is 14.4 Å². The Kier molecular flexibility index (Phi) is 14.4. The smallest absolute Gasteiger partial charge is 0.407 e. The van der Waals surface area contributed by atoms with Gasteiger partial charge in [0.05, 0.1) is 25.0 Å². The first-order valence-electron chi connectivity index (χ1n) is 22.5. The number of rotatable bonds is 11. The monoisotopic (exact) mass is 889 g/mol. The van der Waals surface area contributed by atoms with Crippen molar-refractivity contribution in [3.05, 3.63) is 149 Å². The average molecular weight is 890 g/mol. The minimum Gasteiger partial charge on any atom is -0.453 e. The number of ether oxygens (including phenoxy) is 1. The third-order valence-electron chi connectivity index (χ3n) is 12.6. The van der Waals surface area contributed by atoms with E-state index in [9.17, 15) is 24.0 Å². The van der Waals surface area contributed by atoms with Gasteiger partial charge in [-0.05, 0) is 85.8 Å². The number of piperazine rings is 1. The van der Waals surface area contributed by atoms with E-state index in [2.05, 4.69) is 42.7 Å². The Morgan fingerprint density at radius 2 is 1.29 bits per heavy atom. The van der Waals surface area contributed by atoms with Crippen molar-refractivity contribution in [2.45, 2.75) is 49.9 Å². The van der Waals surface area contributed by atoms with Crippen LogP contribution in [0, 0.1) is 11.8 Å². The predicted molar refractivity (Wildman–Crippen MR) is 249 cm³/mol. The third-order valence-corrected chi connectivity index (χ3v) is 12.6. The zero-order chi connectivity index (χ0) is 46.0. The maximum absolute atomic E-state index is 14.1. The van der Waals surface area contributed by atoms with Crippen LogP contribution in [0.3, 0.4) is 0 Å². The second-order valence-corrected chi connectivity index (χ2v) is 16.9. The first kappa shape index (κ1) is 45.1. The van der Waals surface area contributed by atoms with E-state index in [1.54, 1.807) is 45.2 Å². The highest BCUT2D eigenvalue weighted by molar-refractivity contribution is 5.94. The number of amides is 6. The van der Waals surface area contributed by atoms with Crippen LogP contribution in [0.2, 0.25) is 0 Å². The summed E-state index contributed by atoms with van der Waals surface area (Å²) in [5, 5.41) is 8.75. The summed E-state index contributed by atoms with van der Waals surface area (Å²) in [5.41, 5.74) is 5.15. The molecule has 0 radical (unpaired) electrons.